The number of hydrogen-bond acceptors (Lipinski definition) is 1. The zero-order valence-corrected chi connectivity index (χ0v) is 56.3. The predicted octanol–water partition coefficient (Wildman–Crippen LogP) is 14.8. The molecule has 0 bridgehead atoms. The Bertz CT molecular complexity index is 1570. The second kappa shape index (κ2) is 18.0. The summed E-state index contributed by atoms with van der Waals surface area (Å²) < 4.78 is 3.65. The Balaban J connectivity index is 3.64. The first kappa shape index (κ1) is 53.7. The molecule has 0 amide bonds. The third kappa shape index (κ3) is 15.1. The zero-order chi connectivity index (χ0) is 44.4. The molecule has 0 aliphatic carbocycles. The van der Waals surface area contributed by atoms with Gasteiger partial charge in [0.1, 0.15) is 0 Å². The fourth-order valence-corrected chi connectivity index (χ4v) is 70.4. The molecule has 0 saturated heterocycles. The quantitative estimate of drug-likeness (QED) is 0.142. The van der Waals surface area contributed by atoms with Crippen LogP contribution in [0.3, 0.4) is 0 Å². The fourth-order valence-electron chi connectivity index (χ4n) is 11.8. The van der Waals surface area contributed by atoms with Crippen LogP contribution in [0.2, 0.25) is 177 Å². The topological polar surface area (TPSA) is 0 Å². The molecule has 2 aromatic carbocycles. The average molecular weight is 1130 g/mol. The third-order valence-corrected chi connectivity index (χ3v) is 55.5. The summed E-state index contributed by atoms with van der Waals surface area (Å²) in [5, 5.41) is 2.14. The van der Waals surface area contributed by atoms with E-state index in [1.807, 2.05) is 14.2 Å². The van der Waals surface area contributed by atoms with Gasteiger partial charge in [0, 0.05) is 0 Å². The summed E-state index contributed by atoms with van der Waals surface area (Å²) in [6.45, 7) is 72.2. The Hall–Kier alpha value is 1.53. The molecule has 0 fully saturated rings. The Morgan fingerprint density at radius 3 is 0.875 bits per heavy atom. The van der Waals surface area contributed by atoms with Crippen molar-refractivity contribution in [3.63, 3.8) is 0 Å². The molecular weight excluding hydrogens is 1030 g/mol. The van der Waals surface area contributed by atoms with Crippen molar-refractivity contribution < 1.29 is 0 Å². The molecular formula is C45H94PbSSi9. The van der Waals surface area contributed by atoms with Crippen molar-refractivity contribution >= 4 is 108 Å². The first-order valence-electron chi connectivity index (χ1n) is 22.2. The molecule has 0 aliphatic rings. The van der Waals surface area contributed by atoms with Gasteiger partial charge in [-0.2, -0.15) is 0 Å². The molecule has 0 unspecified atom stereocenters. The van der Waals surface area contributed by atoms with Gasteiger partial charge in [-0.1, -0.05) is 0 Å². The third-order valence-electron chi connectivity index (χ3n) is 11.4. The van der Waals surface area contributed by atoms with Crippen molar-refractivity contribution in [2.75, 3.05) is 0 Å². The van der Waals surface area contributed by atoms with Gasteiger partial charge in [0.15, 0.2) is 0 Å². The molecule has 0 N–H and O–H groups in total. The number of hydrogen-bond donors (Lipinski definition) is 0. The summed E-state index contributed by atoms with van der Waals surface area (Å²) in [5.74, 6) is 0. The van der Waals surface area contributed by atoms with Crippen LogP contribution in [0.4, 0.5) is 0 Å². The van der Waals surface area contributed by atoms with E-state index in [0.717, 1.165) is 5.16 Å². The van der Waals surface area contributed by atoms with E-state index in [1.54, 1.807) is 25.4 Å². The van der Waals surface area contributed by atoms with Crippen LogP contribution in [0.15, 0.2) is 24.3 Å². The predicted molar refractivity (Wildman–Crippen MR) is 295 cm³/mol. The van der Waals surface area contributed by atoms with E-state index in [2.05, 4.69) is 201 Å². The zero-order valence-electron chi connectivity index (χ0n) is 42.6. The molecule has 56 heavy (non-hydrogen) atoms. The monoisotopic (exact) mass is 1130 g/mol. The first-order chi connectivity index (χ1) is 24.4. The van der Waals surface area contributed by atoms with Crippen molar-refractivity contribution in [2.24, 2.45) is 0 Å². The van der Waals surface area contributed by atoms with Gasteiger partial charge in [0.05, 0.1) is 0 Å². The maximum atomic E-state index is 7.67. The molecule has 0 aromatic heterocycles. The van der Waals surface area contributed by atoms with Crippen LogP contribution in [-0.4, -0.2) is 93.3 Å². The summed E-state index contributed by atoms with van der Waals surface area (Å²) in [6, 6.07) is 15.2. The van der Waals surface area contributed by atoms with Crippen LogP contribution in [-0.2, 0) is 18.1 Å². The molecule has 0 aliphatic heterocycles. The van der Waals surface area contributed by atoms with E-state index in [9.17, 15) is 0 Å². The summed E-state index contributed by atoms with van der Waals surface area (Å²) in [7, 11) is -6.32. The van der Waals surface area contributed by atoms with Crippen LogP contribution < -0.4 is 6.25 Å². The van der Waals surface area contributed by atoms with Gasteiger partial charge >= 0.3 is 376 Å². The van der Waals surface area contributed by atoms with Crippen molar-refractivity contribution in [3.05, 3.63) is 57.6 Å². The van der Waals surface area contributed by atoms with E-state index in [4.69, 9.17) is 8.65 Å². The molecule has 0 nitrogen and oxygen atoms in total. The Labute approximate surface area is 372 Å². The molecule has 11 heteroatoms. The second-order valence-corrected chi connectivity index (χ2v) is 88.4. The van der Waals surface area contributed by atoms with Crippen molar-refractivity contribution in [3.8, 4) is 0 Å². The summed E-state index contributed by atoms with van der Waals surface area (Å²) in [5.41, 5.74) is 10.5. The van der Waals surface area contributed by atoms with Gasteiger partial charge in [-0.3, -0.25) is 0 Å². The molecule has 0 saturated carbocycles. The number of benzene rings is 2. The van der Waals surface area contributed by atoms with Crippen LogP contribution in [0.5, 0.6) is 0 Å². The van der Waals surface area contributed by atoms with E-state index in [0.29, 0.717) is 10.3 Å². The van der Waals surface area contributed by atoms with Crippen LogP contribution in [0, 0.1) is 0 Å². The minimum atomic E-state index is -3.23. The van der Waals surface area contributed by atoms with Crippen molar-refractivity contribution in [1.82, 2.24) is 0 Å². The average Bonchev–Trinajstić information content (AvgIpc) is 2.79. The van der Waals surface area contributed by atoms with Crippen molar-refractivity contribution in [1.29, 1.82) is 0 Å². The second-order valence-electron chi connectivity index (χ2n) is 28.4. The standard InChI is InChI=1S/C27H59Si6.C18H35Si3.Pb.S/c1-28(2,3)25(29(4,5)6)22-19-23(26(30(7,8)9)31(10,11)12)21-24(20-22)27(32(13,14)15)33(16,17)18;1-19(2,3)13-16-10-17(14-20(4,5)6)12-18(11-16)15-21(7,8)9;;/h19-20,25-27H,1-18H3;10-11H,13-15H2,1-9H3;;. The molecule has 0 radical (unpaired) electrons. The van der Waals surface area contributed by atoms with E-state index in [-0.39, 0.29) is 0 Å². The van der Waals surface area contributed by atoms with Crippen LogP contribution in [0.1, 0.15) is 48.9 Å². The molecule has 2 rings (SSSR count). The Kier molecular flexibility index (Phi) is 17.2. The van der Waals surface area contributed by atoms with E-state index >= 15 is 0 Å². The Morgan fingerprint density at radius 2 is 0.643 bits per heavy atom. The molecule has 0 spiro atoms. The summed E-state index contributed by atoms with van der Waals surface area (Å²) >= 11 is -3.23. The van der Waals surface area contributed by atoms with Gasteiger partial charge in [-0.25, -0.2) is 0 Å². The molecule has 0 atom stereocenters. The summed E-state index contributed by atoms with van der Waals surface area (Å²) in [6.07, 6.45) is 0. The molecule has 0 heterocycles. The maximum absolute atomic E-state index is 7.67. The Morgan fingerprint density at radius 1 is 0.375 bits per heavy atom. The van der Waals surface area contributed by atoms with Gasteiger partial charge in [0.2, 0.25) is 0 Å². The van der Waals surface area contributed by atoms with Gasteiger partial charge in [-0.05, 0) is 0 Å². The number of rotatable bonds is 17. The fraction of sp³-hybridized carbons (Fsp3) is 0.733. The van der Waals surface area contributed by atoms with Crippen molar-refractivity contribution in [2.45, 2.75) is 210 Å². The normalized spacial score (nSPS) is 14.8. The first-order valence-corrected chi connectivity index (χ1v) is 63.9. The SMILES string of the molecule is C[Si](C)(C)Cc1cc(C[Si](C)(C)C)[c]([Pb](=[S])[c]2c(C([Si](C)(C)C)[Si](C)(C)C)cc(C([Si](C)(C)C)[Si](C)(C)C)cc2C([Si](C)(C)C)[Si](C)(C)C)c(C[Si](C)(C)C)c1. The van der Waals surface area contributed by atoms with Crippen LogP contribution in [0.25, 0.3) is 0 Å². The van der Waals surface area contributed by atoms with E-state index < -0.39 is 93.3 Å². The van der Waals surface area contributed by atoms with Gasteiger partial charge in [-0.15, -0.1) is 0 Å². The molecule has 320 valence electrons. The van der Waals surface area contributed by atoms with E-state index in [1.165, 1.54) is 18.1 Å². The van der Waals surface area contributed by atoms with Gasteiger partial charge in [0.25, 0.3) is 0 Å². The molecule has 2 aromatic rings. The van der Waals surface area contributed by atoms with Gasteiger partial charge < -0.3 is 0 Å². The van der Waals surface area contributed by atoms with Crippen LogP contribution >= 0.6 is 8.65 Å². The summed E-state index contributed by atoms with van der Waals surface area (Å²) in [4.78, 5) is 0. The minimum absolute atomic E-state index is 0.700.